The zero-order valence-electron chi connectivity index (χ0n) is 6.93. The predicted octanol–water partition coefficient (Wildman–Crippen LogP) is -1.25. The van der Waals surface area contributed by atoms with E-state index in [2.05, 4.69) is 0 Å². The van der Waals surface area contributed by atoms with E-state index in [1.54, 1.807) is 0 Å². The monoisotopic (exact) mass is 186 g/mol. The van der Waals surface area contributed by atoms with Crippen LogP contribution in [0.2, 0.25) is 0 Å². The van der Waals surface area contributed by atoms with Crippen molar-refractivity contribution >= 4 is 11.9 Å². The number of esters is 1. The van der Waals surface area contributed by atoms with Crippen molar-refractivity contribution in [2.75, 3.05) is 6.54 Å². The average molecular weight is 186 g/mol. The molecule has 0 aromatic carbocycles. The van der Waals surface area contributed by atoms with E-state index in [0.29, 0.717) is 6.54 Å². The van der Waals surface area contributed by atoms with E-state index in [0.717, 1.165) is 12.8 Å². The standard InChI is InChI=1S/C7H10N2O4/c8-4-2-1-3-9-5(4)12-6(10)7(11)13-9/h4-5H,1-3,8H2/t4-,5?/m0/s1. The number of hydroxylamine groups is 2. The van der Waals surface area contributed by atoms with Gasteiger partial charge in [0.1, 0.15) is 0 Å². The van der Waals surface area contributed by atoms with Crippen molar-refractivity contribution in [2.45, 2.75) is 25.1 Å². The third-order valence-corrected chi connectivity index (χ3v) is 2.16. The molecule has 0 radical (unpaired) electrons. The van der Waals surface area contributed by atoms with Gasteiger partial charge in [-0.2, -0.15) is 0 Å². The van der Waals surface area contributed by atoms with Crippen molar-refractivity contribution in [1.82, 2.24) is 5.06 Å². The Morgan fingerprint density at radius 2 is 2.15 bits per heavy atom. The summed E-state index contributed by atoms with van der Waals surface area (Å²) in [6.07, 6.45) is 1.01. The average Bonchev–Trinajstić information content (AvgIpc) is 2.09. The molecule has 2 fully saturated rings. The number of fused-ring (bicyclic) bond motifs is 1. The molecule has 1 unspecified atom stereocenters. The van der Waals surface area contributed by atoms with Crippen LogP contribution in [0.1, 0.15) is 12.8 Å². The highest BCUT2D eigenvalue weighted by Crippen LogP contribution is 2.21. The van der Waals surface area contributed by atoms with Gasteiger partial charge in [0, 0.05) is 6.54 Å². The number of carbonyl (C=O) groups is 2. The normalized spacial score (nSPS) is 34.8. The topological polar surface area (TPSA) is 81.9 Å². The number of hydrogen-bond donors (Lipinski definition) is 1. The fourth-order valence-corrected chi connectivity index (χ4v) is 1.51. The second-order valence-electron chi connectivity index (χ2n) is 3.12. The maximum atomic E-state index is 10.8. The van der Waals surface area contributed by atoms with Crippen LogP contribution in [0.3, 0.4) is 0 Å². The lowest BCUT2D eigenvalue weighted by Gasteiger charge is -2.38. The Bertz CT molecular complexity index is 255. The number of carbonyl (C=O) groups excluding carboxylic acids is 2. The smallest absolute Gasteiger partial charge is 0.433 e. The van der Waals surface area contributed by atoms with Crippen LogP contribution in [-0.2, 0) is 19.2 Å². The third kappa shape index (κ3) is 1.38. The lowest BCUT2D eigenvalue weighted by molar-refractivity contribution is -0.276. The lowest BCUT2D eigenvalue weighted by atomic mass is 10.1. The number of rotatable bonds is 0. The Balaban J connectivity index is 2.12. The van der Waals surface area contributed by atoms with Crippen LogP contribution in [0.5, 0.6) is 0 Å². The first-order chi connectivity index (χ1) is 6.18. The summed E-state index contributed by atoms with van der Waals surface area (Å²) >= 11 is 0. The van der Waals surface area contributed by atoms with Crippen molar-refractivity contribution in [2.24, 2.45) is 5.73 Å². The van der Waals surface area contributed by atoms with Crippen LogP contribution in [-0.4, -0.2) is 35.8 Å². The first-order valence-corrected chi connectivity index (χ1v) is 4.13. The second-order valence-corrected chi connectivity index (χ2v) is 3.12. The van der Waals surface area contributed by atoms with E-state index in [-0.39, 0.29) is 6.04 Å². The molecule has 6 nitrogen and oxygen atoms in total. The maximum Gasteiger partial charge on any atom is 0.436 e. The molecule has 72 valence electrons. The quantitative estimate of drug-likeness (QED) is 0.376. The van der Waals surface area contributed by atoms with Gasteiger partial charge in [0.05, 0.1) is 6.04 Å². The van der Waals surface area contributed by atoms with Crippen molar-refractivity contribution in [3.8, 4) is 0 Å². The van der Waals surface area contributed by atoms with E-state index in [9.17, 15) is 9.59 Å². The Morgan fingerprint density at radius 1 is 1.38 bits per heavy atom. The minimum Gasteiger partial charge on any atom is -0.433 e. The SMILES string of the molecule is N[C@H]1CCCN2OC(=O)C(=O)OC12. The minimum atomic E-state index is -0.967. The molecule has 0 aliphatic carbocycles. The van der Waals surface area contributed by atoms with Gasteiger partial charge < -0.3 is 15.3 Å². The van der Waals surface area contributed by atoms with Crippen molar-refractivity contribution in [3.05, 3.63) is 0 Å². The predicted molar refractivity (Wildman–Crippen MR) is 39.9 cm³/mol. The van der Waals surface area contributed by atoms with Gasteiger partial charge in [-0.1, -0.05) is 5.06 Å². The van der Waals surface area contributed by atoms with Gasteiger partial charge in [-0.15, -0.1) is 0 Å². The molecule has 0 saturated carbocycles. The summed E-state index contributed by atoms with van der Waals surface area (Å²) in [7, 11) is 0. The molecule has 0 aromatic heterocycles. The van der Waals surface area contributed by atoms with E-state index in [1.807, 2.05) is 0 Å². The van der Waals surface area contributed by atoms with Gasteiger partial charge in [0.15, 0.2) is 0 Å². The zero-order chi connectivity index (χ0) is 9.42. The summed E-state index contributed by atoms with van der Waals surface area (Å²) in [5.74, 6) is -1.93. The third-order valence-electron chi connectivity index (χ3n) is 2.16. The van der Waals surface area contributed by atoms with Crippen LogP contribution < -0.4 is 5.73 Å². The maximum absolute atomic E-state index is 10.8. The first-order valence-electron chi connectivity index (χ1n) is 4.13. The zero-order valence-corrected chi connectivity index (χ0v) is 6.93. The van der Waals surface area contributed by atoms with Crippen LogP contribution in [0.25, 0.3) is 0 Å². The fraction of sp³-hybridized carbons (Fsp3) is 0.714. The molecule has 2 aliphatic rings. The molecule has 2 rings (SSSR count). The Labute approximate surface area is 74.5 Å². The van der Waals surface area contributed by atoms with E-state index in [4.69, 9.17) is 15.3 Å². The molecule has 2 saturated heterocycles. The number of nitrogens with zero attached hydrogens (tertiary/aromatic N) is 1. The molecule has 0 aromatic rings. The van der Waals surface area contributed by atoms with Gasteiger partial charge >= 0.3 is 11.9 Å². The number of hydrogen-bond acceptors (Lipinski definition) is 6. The van der Waals surface area contributed by atoms with Gasteiger partial charge in [0.2, 0.25) is 6.23 Å². The fourth-order valence-electron chi connectivity index (χ4n) is 1.51. The van der Waals surface area contributed by atoms with Crippen molar-refractivity contribution in [1.29, 1.82) is 0 Å². The second kappa shape index (κ2) is 2.97. The molecule has 0 amide bonds. The summed E-state index contributed by atoms with van der Waals surface area (Å²) in [6, 6.07) is -0.272. The largest absolute Gasteiger partial charge is 0.436 e. The Hall–Kier alpha value is -1.14. The van der Waals surface area contributed by atoms with Crippen molar-refractivity contribution in [3.63, 3.8) is 0 Å². The Morgan fingerprint density at radius 3 is 2.92 bits per heavy atom. The van der Waals surface area contributed by atoms with Crippen molar-refractivity contribution < 1.29 is 19.2 Å². The molecule has 13 heavy (non-hydrogen) atoms. The molecule has 2 atom stereocenters. The summed E-state index contributed by atoms with van der Waals surface area (Å²) in [4.78, 5) is 26.3. The molecule has 0 spiro atoms. The number of ether oxygens (including phenoxy) is 1. The van der Waals surface area contributed by atoms with Gasteiger partial charge in [-0.05, 0) is 12.8 Å². The summed E-state index contributed by atoms with van der Waals surface area (Å²) in [5, 5.41) is 1.33. The number of nitrogens with two attached hydrogens (primary N) is 1. The minimum absolute atomic E-state index is 0.272. The van der Waals surface area contributed by atoms with Gasteiger partial charge in [-0.25, -0.2) is 9.59 Å². The molecule has 6 heteroatoms. The van der Waals surface area contributed by atoms with E-state index < -0.39 is 18.2 Å². The highest BCUT2D eigenvalue weighted by Gasteiger charge is 2.41. The van der Waals surface area contributed by atoms with Crippen LogP contribution >= 0.6 is 0 Å². The van der Waals surface area contributed by atoms with Crippen LogP contribution in [0.15, 0.2) is 0 Å². The molecule has 2 N–H and O–H groups in total. The van der Waals surface area contributed by atoms with Crippen LogP contribution in [0, 0.1) is 0 Å². The van der Waals surface area contributed by atoms with E-state index in [1.165, 1.54) is 5.06 Å². The summed E-state index contributed by atoms with van der Waals surface area (Å²) in [5.41, 5.74) is 5.69. The van der Waals surface area contributed by atoms with Gasteiger partial charge in [-0.3, -0.25) is 0 Å². The molecular formula is C7H10N2O4. The molecule has 0 bridgehead atoms. The highest BCUT2D eigenvalue weighted by molar-refractivity contribution is 6.29. The summed E-state index contributed by atoms with van der Waals surface area (Å²) < 4.78 is 4.80. The lowest BCUT2D eigenvalue weighted by Crippen LogP contribution is -2.58. The van der Waals surface area contributed by atoms with Crippen LogP contribution in [0.4, 0.5) is 0 Å². The summed E-state index contributed by atoms with van der Waals surface area (Å²) in [6.45, 7) is 0.567. The van der Waals surface area contributed by atoms with Gasteiger partial charge in [0.25, 0.3) is 0 Å². The Kier molecular flexibility index (Phi) is 1.93. The molecule has 2 heterocycles. The number of piperidine rings is 1. The highest BCUT2D eigenvalue weighted by atomic mass is 16.8. The first kappa shape index (κ1) is 8.46. The molecular weight excluding hydrogens is 176 g/mol. The van der Waals surface area contributed by atoms with E-state index >= 15 is 0 Å². The molecule has 2 aliphatic heterocycles.